The van der Waals surface area contributed by atoms with E-state index < -0.39 is 0 Å². The van der Waals surface area contributed by atoms with Crippen LogP contribution in [0.25, 0.3) is 0 Å². The van der Waals surface area contributed by atoms with Crippen molar-refractivity contribution >= 4 is 15.9 Å². The second-order valence-corrected chi connectivity index (χ2v) is 5.31. The summed E-state index contributed by atoms with van der Waals surface area (Å²) in [5.74, 6) is -0.246. The quantitative estimate of drug-likeness (QED) is 0.881. The average molecular weight is 308 g/mol. The van der Waals surface area contributed by atoms with Crippen LogP contribution in [0.3, 0.4) is 0 Å². The van der Waals surface area contributed by atoms with Crippen LogP contribution in [-0.2, 0) is 0 Å². The molecule has 2 N–H and O–H groups in total. The molecule has 1 unspecified atom stereocenters. The van der Waals surface area contributed by atoms with Gasteiger partial charge in [0.2, 0.25) is 0 Å². The Morgan fingerprint density at radius 1 is 1.17 bits per heavy atom. The van der Waals surface area contributed by atoms with E-state index in [4.69, 9.17) is 5.73 Å². The van der Waals surface area contributed by atoms with Crippen LogP contribution in [0, 0.1) is 19.7 Å². The third kappa shape index (κ3) is 2.62. The lowest BCUT2D eigenvalue weighted by atomic mass is 9.97. The first-order chi connectivity index (χ1) is 8.49. The molecule has 0 spiro atoms. The lowest BCUT2D eigenvalue weighted by Gasteiger charge is -2.16. The van der Waals surface area contributed by atoms with E-state index in [1.807, 2.05) is 38.1 Å². The van der Waals surface area contributed by atoms with Crippen molar-refractivity contribution in [1.82, 2.24) is 0 Å². The molecule has 0 saturated heterocycles. The topological polar surface area (TPSA) is 26.0 Å². The zero-order valence-electron chi connectivity index (χ0n) is 10.4. The van der Waals surface area contributed by atoms with Gasteiger partial charge in [0.15, 0.2) is 0 Å². The van der Waals surface area contributed by atoms with Crippen LogP contribution in [0.2, 0.25) is 0 Å². The number of nitrogens with two attached hydrogens (primary N) is 1. The third-order valence-electron chi connectivity index (χ3n) is 2.98. The zero-order chi connectivity index (χ0) is 13.3. The molecule has 0 aromatic heterocycles. The van der Waals surface area contributed by atoms with Gasteiger partial charge in [-0.05, 0) is 48.2 Å². The van der Waals surface area contributed by atoms with Gasteiger partial charge in [0, 0.05) is 4.47 Å². The molecule has 2 aromatic rings. The highest BCUT2D eigenvalue weighted by atomic mass is 79.9. The van der Waals surface area contributed by atoms with E-state index in [0.717, 1.165) is 26.7 Å². The molecule has 2 rings (SSSR count). The number of hydrogen-bond acceptors (Lipinski definition) is 1. The van der Waals surface area contributed by atoms with Gasteiger partial charge in [-0.1, -0.05) is 40.2 Å². The number of halogens is 2. The van der Waals surface area contributed by atoms with E-state index in [2.05, 4.69) is 15.9 Å². The van der Waals surface area contributed by atoms with E-state index in [0.29, 0.717) is 0 Å². The van der Waals surface area contributed by atoms with Crippen LogP contribution in [-0.4, -0.2) is 0 Å². The Bertz CT molecular complexity index is 560. The maximum absolute atomic E-state index is 13.4. The van der Waals surface area contributed by atoms with E-state index in [1.165, 1.54) is 12.1 Å². The van der Waals surface area contributed by atoms with Gasteiger partial charge in [-0.3, -0.25) is 0 Å². The Kier molecular flexibility index (Phi) is 3.83. The predicted molar refractivity (Wildman–Crippen MR) is 76.0 cm³/mol. The van der Waals surface area contributed by atoms with Crippen LogP contribution in [0.5, 0.6) is 0 Å². The van der Waals surface area contributed by atoms with Crippen molar-refractivity contribution in [2.45, 2.75) is 19.9 Å². The summed E-state index contributed by atoms with van der Waals surface area (Å²) >= 11 is 3.54. The Morgan fingerprint density at radius 3 is 2.56 bits per heavy atom. The summed E-state index contributed by atoms with van der Waals surface area (Å²) in [6, 6.07) is 10.5. The lowest BCUT2D eigenvalue weighted by Crippen LogP contribution is -2.13. The minimum absolute atomic E-state index is 0.246. The van der Waals surface area contributed by atoms with Crippen molar-refractivity contribution in [3.8, 4) is 0 Å². The number of benzene rings is 2. The SMILES string of the molecule is Cc1cc(F)cc(C(N)c2cccc(C)c2Br)c1. The Balaban J connectivity index is 2.47. The lowest BCUT2D eigenvalue weighted by molar-refractivity contribution is 0.622. The highest BCUT2D eigenvalue weighted by molar-refractivity contribution is 9.10. The summed E-state index contributed by atoms with van der Waals surface area (Å²) in [4.78, 5) is 0. The molecule has 0 saturated carbocycles. The largest absolute Gasteiger partial charge is 0.320 e. The van der Waals surface area contributed by atoms with Gasteiger partial charge in [0.25, 0.3) is 0 Å². The summed E-state index contributed by atoms with van der Waals surface area (Å²) in [6.07, 6.45) is 0. The van der Waals surface area contributed by atoms with Crippen molar-refractivity contribution < 1.29 is 4.39 Å². The van der Waals surface area contributed by atoms with Gasteiger partial charge in [-0.15, -0.1) is 0 Å². The van der Waals surface area contributed by atoms with Crippen LogP contribution in [0.4, 0.5) is 4.39 Å². The number of aryl methyl sites for hydroxylation is 2. The van der Waals surface area contributed by atoms with Gasteiger partial charge in [-0.25, -0.2) is 4.39 Å². The molecule has 3 heteroatoms. The summed E-state index contributed by atoms with van der Waals surface area (Å²) in [6.45, 7) is 3.88. The molecule has 0 bridgehead atoms. The predicted octanol–water partition coefficient (Wildman–Crippen LogP) is 4.25. The summed E-state index contributed by atoms with van der Waals surface area (Å²) in [5, 5.41) is 0. The molecule has 0 radical (unpaired) electrons. The van der Waals surface area contributed by atoms with Gasteiger partial charge in [0.1, 0.15) is 5.82 Å². The second-order valence-electron chi connectivity index (χ2n) is 4.52. The van der Waals surface area contributed by atoms with Crippen LogP contribution in [0.15, 0.2) is 40.9 Å². The Labute approximate surface area is 115 Å². The van der Waals surface area contributed by atoms with Crippen molar-refractivity contribution in [2.75, 3.05) is 0 Å². The molecule has 0 fully saturated rings. The average Bonchev–Trinajstić information content (AvgIpc) is 2.30. The highest BCUT2D eigenvalue weighted by Gasteiger charge is 2.14. The molecular formula is C15H15BrFN. The summed E-state index contributed by atoms with van der Waals surface area (Å²) < 4.78 is 14.4. The minimum Gasteiger partial charge on any atom is -0.320 e. The van der Waals surface area contributed by atoms with Crippen molar-refractivity contribution in [3.63, 3.8) is 0 Å². The maximum atomic E-state index is 13.4. The third-order valence-corrected chi connectivity index (χ3v) is 4.06. The van der Waals surface area contributed by atoms with Crippen molar-refractivity contribution in [2.24, 2.45) is 5.73 Å². The fraction of sp³-hybridized carbons (Fsp3) is 0.200. The molecular weight excluding hydrogens is 293 g/mol. The summed E-state index contributed by atoms with van der Waals surface area (Å²) in [7, 11) is 0. The van der Waals surface area contributed by atoms with Gasteiger partial charge < -0.3 is 5.73 Å². The smallest absolute Gasteiger partial charge is 0.123 e. The minimum atomic E-state index is -0.325. The highest BCUT2D eigenvalue weighted by Crippen LogP contribution is 2.29. The molecule has 1 atom stereocenters. The molecule has 1 nitrogen and oxygen atoms in total. The molecule has 0 heterocycles. The fourth-order valence-electron chi connectivity index (χ4n) is 2.03. The van der Waals surface area contributed by atoms with E-state index in [-0.39, 0.29) is 11.9 Å². The second kappa shape index (κ2) is 5.21. The molecule has 94 valence electrons. The van der Waals surface area contributed by atoms with Crippen molar-refractivity contribution in [1.29, 1.82) is 0 Å². The molecule has 2 aromatic carbocycles. The van der Waals surface area contributed by atoms with Crippen LogP contribution < -0.4 is 5.73 Å². The number of rotatable bonds is 2. The molecule has 0 aliphatic heterocycles. The maximum Gasteiger partial charge on any atom is 0.123 e. The zero-order valence-corrected chi connectivity index (χ0v) is 12.0. The first-order valence-electron chi connectivity index (χ1n) is 5.76. The molecule has 18 heavy (non-hydrogen) atoms. The van der Waals surface area contributed by atoms with E-state index in [9.17, 15) is 4.39 Å². The fourth-order valence-corrected chi connectivity index (χ4v) is 2.54. The Hall–Kier alpha value is -1.19. The van der Waals surface area contributed by atoms with E-state index in [1.54, 1.807) is 0 Å². The monoisotopic (exact) mass is 307 g/mol. The standard InChI is InChI=1S/C15H15BrFN/c1-9-6-11(8-12(17)7-9)15(18)13-5-3-4-10(2)14(13)16/h3-8,15H,18H2,1-2H3. The van der Waals surface area contributed by atoms with E-state index >= 15 is 0 Å². The molecule has 0 amide bonds. The van der Waals surface area contributed by atoms with Crippen LogP contribution in [0.1, 0.15) is 28.3 Å². The van der Waals surface area contributed by atoms with Gasteiger partial charge in [-0.2, -0.15) is 0 Å². The van der Waals surface area contributed by atoms with Gasteiger partial charge in [0.05, 0.1) is 6.04 Å². The number of hydrogen-bond donors (Lipinski definition) is 1. The first kappa shape index (κ1) is 13.2. The molecule has 0 aliphatic carbocycles. The first-order valence-corrected chi connectivity index (χ1v) is 6.56. The molecule has 0 aliphatic rings. The summed E-state index contributed by atoms with van der Waals surface area (Å²) in [5.41, 5.74) is 9.99. The normalized spacial score (nSPS) is 12.5. The van der Waals surface area contributed by atoms with Crippen molar-refractivity contribution in [3.05, 3.63) is 68.9 Å². The van der Waals surface area contributed by atoms with Gasteiger partial charge >= 0.3 is 0 Å². The van der Waals surface area contributed by atoms with Crippen LogP contribution >= 0.6 is 15.9 Å². The Morgan fingerprint density at radius 2 is 1.89 bits per heavy atom.